The Hall–Kier alpha value is -2.38. The van der Waals surface area contributed by atoms with Crippen LogP contribution in [0.25, 0.3) is 0 Å². The van der Waals surface area contributed by atoms with E-state index in [9.17, 15) is 13.2 Å². The Morgan fingerprint density at radius 3 is 2.64 bits per heavy atom. The third-order valence-corrected chi connectivity index (χ3v) is 6.46. The van der Waals surface area contributed by atoms with Crippen molar-refractivity contribution in [2.75, 3.05) is 7.11 Å². The molecule has 0 spiro atoms. The second-order valence-electron chi connectivity index (χ2n) is 7.26. The minimum absolute atomic E-state index is 0.0413. The van der Waals surface area contributed by atoms with Crippen molar-refractivity contribution in [1.29, 1.82) is 0 Å². The summed E-state index contributed by atoms with van der Waals surface area (Å²) in [6.45, 7) is 3.47. The number of hydrogen-bond donors (Lipinski definition) is 2. The first-order valence-corrected chi connectivity index (χ1v) is 10.9. The Morgan fingerprint density at radius 1 is 1.18 bits per heavy atom. The van der Waals surface area contributed by atoms with Crippen LogP contribution in [0.5, 0.6) is 5.75 Å². The van der Waals surface area contributed by atoms with Crippen LogP contribution < -0.4 is 14.8 Å². The fourth-order valence-corrected chi connectivity index (χ4v) is 4.99. The molecular weight excluding hydrogens is 376 g/mol. The van der Waals surface area contributed by atoms with E-state index in [2.05, 4.69) is 16.1 Å². The lowest BCUT2D eigenvalue weighted by Gasteiger charge is -2.26. The number of amides is 1. The number of sulfonamides is 1. The van der Waals surface area contributed by atoms with Crippen molar-refractivity contribution in [3.63, 3.8) is 0 Å². The predicted octanol–water partition coefficient (Wildman–Crippen LogP) is 3.19. The van der Waals surface area contributed by atoms with Gasteiger partial charge in [-0.3, -0.25) is 4.79 Å². The summed E-state index contributed by atoms with van der Waals surface area (Å²) in [7, 11) is -2.39. The van der Waals surface area contributed by atoms with Gasteiger partial charge in [-0.25, -0.2) is 13.1 Å². The maximum atomic E-state index is 12.9. The van der Waals surface area contributed by atoms with Crippen LogP contribution in [0.2, 0.25) is 0 Å². The van der Waals surface area contributed by atoms with Gasteiger partial charge < -0.3 is 10.1 Å². The highest BCUT2D eigenvalue weighted by molar-refractivity contribution is 7.89. The molecule has 150 valence electrons. The molecule has 1 aliphatic rings. The molecule has 6 nitrogen and oxygen atoms in total. The maximum Gasteiger partial charge on any atom is 0.251 e. The van der Waals surface area contributed by atoms with Gasteiger partial charge in [0.05, 0.1) is 13.2 Å². The van der Waals surface area contributed by atoms with E-state index in [1.54, 1.807) is 19.9 Å². The number of ether oxygens (including phenoxy) is 1. The van der Waals surface area contributed by atoms with E-state index in [1.165, 1.54) is 24.8 Å². The number of carbonyl (C=O) groups is 1. The fourth-order valence-electron chi connectivity index (χ4n) is 3.55. The van der Waals surface area contributed by atoms with Gasteiger partial charge in [0.2, 0.25) is 10.0 Å². The second-order valence-corrected chi connectivity index (χ2v) is 8.94. The summed E-state index contributed by atoms with van der Waals surface area (Å²) in [5.41, 5.74) is 2.66. The third kappa shape index (κ3) is 4.36. The van der Waals surface area contributed by atoms with Crippen LogP contribution in [-0.2, 0) is 16.4 Å². The van der Waals surface area contributed by atoms with Gasteiger partial charge in [0.1, 0.15) is 10.6 Å². The first-order chi connectivity index (χ1) is 13.3. The molecule has 0 aromatic heterocycles. The molecule has 2 aromatic carbocycles. The molecule has 0 heterocycles. The van der Waals surface area contributed by atoms with Gasteiger partial charge in [-0.15, -0.1) is 0 Å². The summed E-state index contributed by atoms with van der Waals surface area (Å²) in [5.74, 6) is -0.0990. The molecule has 1 amide bonds. The van der Waals surface area contributed by atoms with Crippen LogP contribution in [0, 0.1) is 0 Å². The van der Waals surface area contributed by atoms with Gasteiger partial charge in [-0.05, 0) is 62.4 Å². The fraction of sp³-hybridized carbons (Fsp3) is 0.381. The van der Waals surface area contributed by atoms with Crippen LogP contribution in [-0.4, -0.2) is 27.5 Å². The Morgan fingerprint density at radius 2 is 1.93 bits per heavy atom. The number of nitrogens with one attached hydrogen (secondary N) is 2. The molecule has 0 unspecified atom stereocenters. The smallest absolute Gasteiger partial charge is 0.251 e. The highest BCUT2D eigenvalue weighted by Crippen LogP contribution is 2.30. The van der Waals surface area contributed by atoms with Crippen molar-refractivity contribution in [1.82, 2.24) is 10.0 Å². The first kappa shape index (κ1) is 20.4. The molecule has 1 atom stereocenters. The van der Waals surface area contributed by atoms with Crippen molar-refractivity contribution < 1.29 is 17.9 Å². The molecule has 0 saturated carbocycles. The molecule has 0 aliphatic heterocycles. The molecule has 2 aromatic rings. The normalized spacial score (nSPS) is 16.5. The highest BCUT2D eigenvalue weighted by Gasteiger charge is 2.25. The van der Waals surface area contributed by atoms with Gasteiger partial charge in [0.15, 0.2) is 0 Å². The minimum atomic E-state index is -3.80. The number of fused-ring (bicyclic) bond motifs is 1. The minimum Gasteiger partial charge on any atom is -0.495 e. The number of carbonyl (C=O) groups excluding carboxylic acids is 1. The van der Waals surface area contributed by atoms with Crippen molar-refractivity contribution in [3.8, 4) is 5.75 Å². The summed E-state index contributed by atoms with van der Waals surface area (Å²) in [6, 6.07) is 12.2. The monoisotopic (exact) mass is 402 g/mol. The van der Waals surface area contributed by atoms with Gasteiger partial charge in [0.25, 0.3) is 5.91 Å². The van der Waals surface area contributed by atoms with Crippen molar-refractivity contribution in [2.24, 2.45) is 0 Å². The lowest BCUT2D eigenvalue weighted by atomic mass is 9.87. The summed E-state index contributed by atoms with van der Waals surface area (Å²) in [4.78, 5) is 12.8. The van der Waals surface area contributed by atoms with Crippen molar-refractivity contribution in [2.45, 2.75) is 50.1 Å². The summed E-state index contributed by atoms with van der Waals surface area (Å²) < 4.78 is 33.0. The maximum absolute atomic E-state index is 12.9. The number of methoxy groups -OCH3 is 1. The quantitative estimate of drug-likeness (QED) is 0.777. The highest BCUT2D eigenvalue weighted by atomic mass is 32.2. The Labute approximate surface area is 166 Å². The lowest BCUT2D eigenvalue weighted by Crippen LogP contribution is -2.32. The second kappa shape index (κ2) is 8.32. The van der Waals surface area contributed by atoms with E-state index in [1.807, 2.05) is 18.2 Å². The zero-order chi connectivity index (χ0) is 20.3. The Balaban J connectivity index is 1.88. The first-order valence-electron chi connectivity index (χ1n) is 9.41. The van der Waals surface area contributed by atoms with Crippen LogP contribution in [0.4, 0.5) is 0 Å². The molecule has 0 radical (unpaired) electrons. The number of hydrogen-bond acceptors (Lipinski definition) is 4. The zero-order valence-electron chi connectivity index (χ0n) is 16.4. The van der Waals surface area contributed by atoms with Crippen LogP contribution in [0.3, 0.4) is 0 Å². The van der Waals surface area contributed by atoms with E-state index in [0.29, 0.717) is 0 Å². The van der Waals surface area contributed by atoms with Gasteiger partial charge >= 0.3 is 0 Å². The molecule has 3 rings (SSSR count). The van der Waals surface area contributed by atoms with Crippen molar-refractivity contribution >= 4 is 15.9 Å². The van der Waals surface area contributed by atoms with Crippen LogP contribution in [0.15, 0.2) is 47.4 Å². The SMILES string of the molecule is COc1ccc(C(=O)N[C@H]2CCCc3ccccc32)cc1S(=O)(=O)NC(C)C. The van der Waals surface area contributed by atoms with Crippen molar-refractivity contribution in [3.05, 3.63) is 59.2 Å². The summed E-state index contributed by atoms with van der Waals surface area (Å²) in [5, 5.41) is 3.05. The van der Waals surface area contributed by atoms with Crippen LogP contribution in [0.1, 0.15) is 54.2 Å². The van der Waals surface area contributed by atoms with Gasteiger partial charge in [-0.1, -0.05) is 24.3 Å². The van der Waals surface area contributed by atoms with Gasteiger partial charge in [0, 0.05) is 11.6 Å². The Kier molecular flexibility index (Phi) is 6.05. The Bertz CT molecular complexity index is 970. The largest absolute Gasteiger partial charge is 0.495 e. The topological polar surface area (TPSA) is 84.5 Å². The molecule has 1 aliphatic carbocycles. The molecule has 28 heavy (non-hydrogen) atoms. The molecule has 0 fully saturated rings. The molecule has 7 heteroatoms. The molecule has 2 N–H and O–H groups in total. The summed E-state index contributed by atoms with van der Waals surface area (Å²) in [6.07, 6.45) is 2.87. The lowest BCUT2D eigenvalue weighted by molar-refractivity contribution is 0.0932. The third-order valence-electron chi connectivity index (χ3n) is 4.78. The van der Waals surface area contributed by atoms with E-state index >= 15 is 0 Å². The zero-order valence-corrected chi connectivity index (χ0v) is 17.2. The average molecular weight is 403 g/mol. The van der Waals surface area contributed by atoms with Crippen LogP contribution >= 0.6 is 0 Å². The van der Waals surface area contributed by atoms with E-state index in [-0.39, 0.29) is 34.2 Å². The molecular formula is C21H26N2O4S. The average Bonchev–Trinajstić information content (AvgIpc) is 2.66. The predicted molar refractivity (Wildman–Crippen MR) is 108 cm³/mol. The number of aryl methyl sites for hydroxylation is 1. The van der Waals surface area contributed by atoms with Gasteiger partial charge in [-0.2, -0.15) is 0 Å². The standard InChI is InChI=1S/C21H26N2O4S/c1-14(2)23-28(25,26)20-13-16(11-12-19(20)27-3)21(24)22-18-10-6-8-15-7-4-5-9-17(15)18/h4-5,7,9,11-14,18,23H,6,8,10H2,1-3H3,(H,22,24)/t18-/m0/s1. The van der Waals surface area contributed by atoms with E-state index < -0.39 is 10.0 Å². The molecule has 0 bridgehead atoms. The summed E-state index contributed by atoms with van der Waals surface area (Å²) >= 11 is 0. The van der Waals surface area contributed by atoms with E-state index in [4.69, 9.17) is 4.74 Å². The van der Waals surface area contributed by atoms with E-state index in [0.717, 1.165) is 24.8 Å². The molecule has 0 saturated heterocycles. The number of rotatable bonds is 6. The number of benzene rings is 2.